The fourth-order valence-electron chi connectivity index (χ4n) is 4.11. The molecule has 1 N–H and O–H groups in total. The molecule has 3 rings (SSSR count). The molecule has 2 unspecified atom stereocenters. The SMILES string of the molecule is Cc1cccc(C2CCCCN2CC(O)COC2CCOCC2)c1C. The van der Waals surface area contributed by atoms with E-state index in [-0.39, 0.29) is 6.10 Å². The molecule has 1 aromatic carbocycles. The number of hydrogen-bond acceptors (Lipinski definition) is 4. The van der Waals surface area contributed by atoms with Crippen LogP contribution in [-0.2, 0) is 9.47 Å². The number of ether oxygens (including phenoxy) is 2. The normalized spacial score (nSPS) is 24.4. The predicted octanol–water partition coefficient (Wildman–Crippen LogP) is 3.39. The van der Waals surface area contributed by atoms with Crippen LogP contribution in [0, 0.1) is 13.8 Å². The number of aliphatic hydroxyl groups is 1. The molecule has 0 aromatic heterocycles. The minimum absolute atomic E-state index is 0.250. The Labute approximate surface area is 152 Å². The van der Waals surface area contributed by atoms with Crippen LogP contribution in [0.5, 0.6) is 0 Å². The summed E-state index contributed by atoms with van der Waals surface area (Å²) in [5.74, 6) is 0. The second-order valence-corrected chi connectivity index (χ2v) is 7.59. The second kappa shape index (κ2) is 9.13. The van der Waals surface area contributed by atoms with E-state index in [0.29, 0.717) is 19.2 Å². The molecule has 0 saturated carbocycles. The van der Waals surface area contributed by atoms with Gasteiger partial charge in [-0.15, -0.1) is 0 Å². The number of likely N-dealkylation sites (tertiary alicyclic amines) is 1. The zero-order chi connectivity index (χ0) is 17.6. The van der Waals surface area contributed by atoms with Crippen LogP contribution in [0.15, 0.2) is 18.2 Å². The predicted molar refractivity (Wildman–Crippen MR) is 99.9 cm³/mol. The van der Waals surface area contributed by atoms with Crippen LogP contribution in [0.2, 0.25) is 0 Å². The van der Waals surface area contributed by atoms with Crippen molar-refractivity contribution in [3.05, 3.63) is 34.9 Å². The molecule has 2 heterocycles. The lowest BCUT2D eigenvalue weighted by Gasteiger charge is -2.38. The summed E-state index contributed by atoms with van der Waals surface area (Å²) in [7, 11) is 0. The topological polar surface area (TPSA) is 41.9 Å². The van der Waals surface area contributed by atoms with Gasteiger partial charge in [-0.1, -0.05) is 24.6 Å². The first-order valence-corrected chi connectivity index (χ1v) is 9.82. The third-order valence-electron chi connectivity index (χ3n) is 5.76. The van der Waals surface area contributed by atoms with E-state index in [1.165, 1.54) is 36.0 Å². The highest BCUT2D eigenvalue weighted by molar-refractivity contribution is 5.35. The number of rotatable bonds is 6. The van der Waals surface area contributed by atoms with Gasteiger partial charge in [0.1, 0.15) is 0 Å². The largest absolute Gasteiger partial charge is 0.389 e. The summed E-state index contributed by atoms with van der Waals surface area (Å²) in [6.07, 6.45) is 5.38. The van der Waals surface area contributed by atoms with Crippen LogP contribution in [0.25, 0.3) is 0 Å². The smallest absolute Gasteiger partial charge is 0.0900 e. The van der Waals surface area contributed by atoms with Gasteiger partial charge >= 0.3 is 0 Å². The van der Waals surface area contributed by atoms with Crippen molar-refractivity contribution in [2.24, 2.45) is 0 Å². The average molecular weight is 347 g/mol. The lowest BCUT2D eigenvalue weighted by atomic mass is 9.90. The lowest BCUT2D eigenvalue weighted by Crippen LogP contribution is -2.41. The highest BCUT2D eigenvalue weighted by Crippen LogP contribution is 2.33. The van der Waals surface area contributed by atoms with Crippen molar-refractivity contribution >= 4 is 0 Å². The number of benzene rings is 1. The molecule has 2 aliphatic heterocycles. The molecule has 2 fully saturated rings. The molecule has 140 valence electrons. The van der Waals surface area contributed by atoms with E-state index in [1.807, 2.05) is 0 Å². The van der Waals surface area contributed by atoms with Gasteiger partial charge in [-0.25, -0.2) is 0 Å². The summed E-state index contributed by atoms with van der Waals surface area (Å²) in [5.41, 5.74) is 4.18. The quantitative estimate of drug-likeness (QED) is 0.856. The van der Waals surface area contributed by atoms with Gasteiger partial charge in [-0.05, 0) is 62.8 Å². The van der Waals surface area contributed by atoms with E-state index in [9.17, 15) is 5.11 Å². The fraction of sp³-hybridized carbons (Fsp3) is 0.714. The zero-order valence-electron chi connectivity index (χ0n) is 15.7. The summed E-state index contributed by atoms with van der Waals surface area (Å²) >= 11 is 0. The highest BCUT2D eigenvalue weighted by Gasteiger charge is 2.27. The van der Waals surface area contributed by atoms with Crippen LogP contribution >= 0.6 is 0 Å². The number of β-amino-alcohol motifs (C(OH)–C–C–N with tert-alkyl or cyclic N) is 1. The Hall–Kier alpha value is -0.940. The maximum atomic E-state index is 10.5. The molecule has 0 radical (unpaired) electrons. The van der Waals surface area contributed by atoms with Crippen molar-refractivity contribution < 1.29 is 14.6 Å². The molecule has 0 amide bonds. The third-order valence-corrected chi connectivity index (χ3v) is 5.76. The van der Waals surface area contributed by atoms with E-state index in [1.54, 1.807) is 0 Å². The first-order chi connectivity index (χ1) is 12.1. The number of hydrogen-bond donors (Lipinski definition) is 1. The Bertz CT molecular complexity index is 542. The van der Waals surface area contributed by atoms with Crippen molar-refractivity contribution in [1.82, 2.24) is 4.90 Å². The van der Waals surface area contributed by atoms with Crippen LogP contribution < -0.4 is 0 Å². The molecular formula is C21H33NO3. The minimum atomic E-state index is -0.423. The van der Waals surface area contributed by atoms with Gasteiger partial charge in [0.25, 0.3) is 0 Å². The first kappa shape index (κ1) is 18.8. The molecule has 2 saturated heterocycles. The molecule has 1 aromatic rings. The van der Waals surface area contributed by atoms with Crippen LogP contribution in [0.3, 0.4) is 0 Å². The van der Waals surface area contributed by atoms with E-state index >= 15 is 0 Å². The van der Waals surface area contributed by atoms with Crippen molar-refractivity contribution in [1.29, 1.82) is 0 Å². The van der Waals surface area contributed by atoms with Crippen molar-refractivity contribution in [3.8, 4) is 0 Å². The fourth-order valence-corrected chi connectivity index (χ4v) is 4.11. The Morgan fingerprint density at radius 2 is 2.00 bits per heavy atom. The van der Waals surface area contributed by atoms with Crippen LogP contribution in [-0.4, -0.2) is 55.1 Å². The van der Waals surface area contributed by atoms with Gasteiger partial charge in [-0.2, -0.15) is 0 Å². The Morgan fingerprint density at radius 3 is 2.80 bits per heavy atom. The average Bonchev–Trinajstić information content (AvgIpc) is 2.64. The summed E-state index contributed by atoms with van der Waals surface area (Å²) in [6.45, 7) is 8.15. The summed E-state index contributed by atoms with van der Waals surface area (Å²) in [5, 5.41) is 10.5. The van der Waals surface area contributed by atoms with Crippen molar-refractivity contribution in [2.45, 2.75) is 64.2 Å². The van der Waals surface area contributed by atoms with Gasteiger partial charge in [0.2, 0.25) is 0 Å². The number of aryl methyl sites for hydroxylation is 1. The lowest BCUT2D eigenvalue weighted by molar-refractivity contribution is -0.0675. The maximum Gasteiger partial charge on any atom is 0.0900 e. The van der Waals surface area contributed by atoms with E-state index in [0.717, 1.165) is 32.6 Å². The van der Waals surface area contributed by atoms with Crippen molar-refractivity contribution in [2.75, 3.05) is 32.9 Å². The molecule has 4 heteroatoms. The Kier molecular flexibility index (Phi) is 6.88. The number of piperidine rings is 1. The summed E-state index contributed by atoms with van der Waals surface area (Å²) in [4.78, 5) is 2.46. The van der Waals surface area contributed by atoms with Crippen LogP contribution in [0.4, 0.5) is 0 Å². The Balaban J connectivity index is 1.58. The maximum absolute atomic E-state index is 10.5. The van der Waals surface area contributed by atoms with E-state index in [4.69, 9.17) is 9.47 Å². The molecule has 2 atom stereocenters. The molecule has 0 spiro atoms. The zero-order valence-corrected chi connectivity index (χ0v) is 15.7. The van der Waals surface area contributed by atoms with Gasteiger partial charge in [0.05, 0.1) is 18.8 Å². The summed E-state index contributed by atoms with van der Waals surface area (Å²) in [6, 6.07) is 7.03. The van der Waals surface area contributed by atoms with E-state index in [2.05, 4.69) is 36.9 Å². The second-order valence-electron chi connectivity index (χ2n) is 7.59. The van der Waals surface area contributed by atoms with Gasteiger partial charge in [-0.3, -0.25) is 4.90 Å². The monoisotopic (exact) mass is 347 g/mol. The van der Waals surface area contributed by atoms with E-state index < -0.39 is 6.10 Å². The minimum Gasteiger partial charge on any atom is -0.389 e. The first-order valence-electron chi connectivity index (χ1n) is 9.82. The molecule has 25 heavy (non-hydrogen) atoms. The van der Waals surface area contributed by atoms with Crippen LogP contribution in [0.1, 0.15) is 54.8 Å². The highest BCUT2D eigenvalue weighted by atomic mass is 16.5. The van der Waals surface area contributed by atoms with Gasteiger partial charge in [0, 0.05) is 25.8 Å². The molecule has 2 aliphatic rings. The summed E-state index contributed by atoms with van der Waals surface area (Å²) < 4.78 is 11.3. The Morgan fingerprint density at radius 1 is 1.20 bits per heavy atom. The molecule has 0 bridgehead atoms. The third kappa shape index (κ3) is 5.04. The molecular weight excluding hydrogens is 314 g/mol. The standard InChI is InChI=1S/C21H33NO3/c1-16-6-5-7-20(17(16)2)21-8-3-4-11-22(21)14-18(23)15-25-19-9-12-24-13-10-19/h5-7,18-19,21,23H,3-4,8-15H2,1-2H3. The van der Waals surface area contributed by atoms with Crippen molar-refractivity contribution in [3.63, 3.8) is 0 Å². The van der Waals surface area contributed by atoms with Gasteiger partial charge in [0.15, 0.2) is 0 Å². The number of nitrogens with zero attached hydrogens (tertiary/aromatic N) is 1. The molecule has 0 aliphatic carbocycles. The number of aliphatic hydroxyl groups excluding tert-OH is 1. The van der Waals surface area contributed by atoms with Gasteiger partial charge < -0.3 is 14.6 Å². The molecule has 4 nitrogen and oxygen atoms in total.